The first-order valence-electron chi connectivity index (χ1n) is 8.61. The van der Waals surface area contributed by atoms with Gasteiger partial charge in [-0.05, 0) is 75.7 Å². The minimum Gasteiger partial charge on any atom is -0.494 e. The molecule has 0 unspecified atom stereocenters. The molecule has 3 nitrogen and oxygen atoms in total. The van der Waals surface area contributed by atoms with Crippen molar-refractivity contribution in [1.29, 1.82) is 0 Å². The molecule has 3 heteroatoms. The van der Waals surface area contributed by atoms with Gasteiger partial charge in [0.2, 0.25) is 0 Å². The van der Waals surface area contributed by atoms with E-state index in [0.29, 0.717) is 6.61 Å². The van der Waals surface area contributed by atoms with E-state index in [0.717, 1.165) is 22.7 Å². The Bertz CT molecular complexity index is 889. The summed E-state index contributed by atoms with van der Waals surface area (Å²) in [6.07, 6.45) is 1.95. The zero-order valence-corrected chi connectivity index (χ0v) is 15.3. The number of ether oxygens (including phenoxy) is 1. The van der Waals surface area contributed by atoms with Gasteiger partial charge in [0.15, 0.2) is 0 Å². The molecule has 0 saturated heterocycles. The van der Waals surface area contributed by atoms with Crippen molar-refractivity contribution in [3.63, 3.8) is 0 Å². The van der Waals surface area contributed by atoms with Crippen LogP contribution in [0.25, 0.3) is 5.69 Å². The van der Waals surface area contributed by atoms with Gasteiger partial charge in [0.1, 0.15) is 5.75 Å². The molecule has 0 spiro atoms. The summed E-state index contributed by atoms with van der Waals surface area (Å²) in [5.41, 5.74) is 6.83. The van der Waals surface area contributed by atoms with E-state index >= 15 is 0 Å². The Hall–Kier alpha value is -2.81. The Labute approximate surface area is 149 Å². The third-order valence-electron chi connectivity index (χ3n) is 4.23. The van der Waals surface area contributed by atoms with Gasteiger partial charge in [-0.25, -0.2) is 0 Å². The predicted octanol–water partition coefficient (Wildman–Crippen LogP) is 5.55. The molecule has 0 N–H and O–H groups in total. The molecular weight excluding hydrogens is 308 g/mol. The second-order valence-corrected chi connectivity index (χ2v) is 6.19. The average Bonchev–Trinajstić information content (AvgIpc) is 2.88. The molecule has 0 bridgehead atoms. The Balaban J connectivity index is 1.90. The molecule has 0 atom stereocenters. The van der Waals surface area contributed by atoms with E-state index in [1.165, 1.54) is 17.0 Å². The highest BCUT2D eigenvalue weighted by Crippen LogP contribution is 2.23. The standard InChI is InChI=1S/C22H24N2O/c1-5-25-22-11-9-21(10-12-22)24-17(3)14-19(18(24)4)15-23-20-8-6-7-16(2)13-20/h6-15H,5H2,1-4H3. The van der Waals surface area contributed by atoms with Crippen molar-refractivity contribution in [2.75, 3.05) is 6.61 Å². The maximum atomic E-state index is 5.53. The van der Waals surface area contributed by atoms with Crippen LogP contribution in [0.3, 0.4) is 0 Å². The maximum absolute atomic E-state index is 5.53. The predicted molar refractivity (Wildman–Crippen MR) is 105 cm³/mol. The van der Waals surface area contributed by atoms with Crippen LogP contribution in [0.1, 0.15) is 29.4 Å². The molecule has 0 amide bonds. The van der Waals surface area contributed by atoms with Gasteiger partial charge in [-0.1, -0.05) is 12.1 Å². The first kappa shape index (κ1) is 17.0. The van der Waals surface area contributed by atoms with Crippen LogP contribution in [0.5, 0.6) is 5.75 Å². The lowest BCUT2D eigenvalue weighted by atomic mass is 10.2. The fraction of sp³-hybridized carbons (Fsp3) is 0.227. The van der Waals surface area contributed by atoms with Crippen LogP contribution in [0.2, 0.25) is 0 Å². The van der Waals surface area contributed by atoms with Crippen LogP contribution in [-0.2, 0) is 0 Å². The zero-order chi connectivity index (χ0) is 17.8. The van der Waals surface area contributed by atoms with Gasteiger partial charge in [0.25, 0.3) is 0 Å². The van der Waals surface area contributed by atoms with Crippen molar-refractivity contribution >= 4 is 11.9 Å². The van der Waals surface area contributed by atoms with Gasteiger partial charge in [-0.3, -0.25) is 4.99 Å². The SMILES string of the molecule is CCOc1ccc(-n2c(C)cc(C=Nc3cccc(C)c3)c2C)cc1. The van der Waals surface area contributed by atoms with E-state index in [1.807, 2.05) is 37.4 Å². The molecule has 1 heterocycles. The molecule has 3 rings (SSSR count). The number of rotatable bonds is 5. The molecule has 0 fully saturated rings. The number of hydrogen-bond acceptors (Lipinski definition) is 2. The van der Waals surface area contributed by atoms with Gasteiger partial charge >= 0.3 is 0 Å². The van der Waals surface area contributed by atoms with Crippen molar-refractivity contribution in [2.45, 2.75) is 27.7 Å². The minimum atomic E-state index is 0.681. The molecular formula is C22H24N2O. The first-order chi connectivity index (χ1) is 12.1. The second kappa shape index (κ2) is 7.39. The lowest BCUT2D eigenvalue weighted by Crippen LogP contribution is -2.00. The van der Waals surface area contributed by atoms with E-state index in [1.54, 1.807) is 0 Å². The smallest absolute Gasteiger partial charge is 0.119 e. The third kappa shape index (κ3) is 3.82. The molecule has 0 aliphatic carbocycles. The molecule has 3 aromatic rings. The molecule has 0 radical (unpaired) electrons. The maximum Gasteiger partial charge on any atom is 0.119 e. The summed E-state index contributed by atoms with van der Waals surface area (Å²) in [5, 5.41) is 0. The Morgan fingerprint density at radius 1 is 1.00 bits per heavy atom. The van der Waals surface area contributed by atoms with Crippen molar-refractivity contribution < 1.29 is 4.74 Å². The normalized spacial score (nSPS) is 11.2. The van der Waals surface area contributed by atoms with E-state index in [-0.39, 0.29) is 0 Å². The van der Waals surface area contributed by atoms with Crippen LogP contribution in [0, 0.1) is 20.8 Å². The number of aryl methyl sites for hydroxylation is 2. The summed E-state index contributed by atoms with van der Waals surface area (Å²) in [6.45, 7) is 9.00. The molecule has 128 valence electrons. The summed E-state index contributed by atoms with van der Waals surface area (Å²) in [6, 6.07) is 18.6. The van der Waals surface area contributed by atoms with Gasteiger partial charge in [0.05, 0.1) is 12.3 Å². The van der Waals surface area contributed by atoms with Crippen LogP contribution >= 0.6 is 0 Å². The Kier molecular flexibility index (Phi) is 5.03. The van der Waals surface area contributed by atoms with E-state index in [9.17, 15) is 0 Å². The summed E-state index contributed by atoms with van der Waals surface area (Å²) < 4.78 is 7.77. The number of aromatic nitrogens is 1. The molecule has 0 aliphatic heterocycles. The quantitative estimate of drug-likeness (QED) is 0.562. The van der Waals surface area contributed by atoms with Gasteiger partial charge in [-0.15, -0.1) is 0 Å². The van der Waals surface area contributed by atoms with Gasteiger partial charge in [0, 0.05) is 28.9 Å². The molecule has 2 aromatic carbocycles. The Morgan fingerprint density at radius 3 is 2.44 bits per heavy atom. The van der Waals surface area contributed by atoms with Gasteiger partial charge in [-0.2, -0.15) is 0 Å². The third-order valence-corrected chi connectivity index (χ3v) is 4.23. The number of hydrogen-bond donors (Lipinski definition) is 0. The number of nitrogens with zero attached hydrogens (tertiary/aromatic N) is 2. The molecule has 25 heavy (non-hydrogen) atoms. The van der Waals surface area contributed by atoms with Crippen molar-refractivity contribution in [2.24, 2.45) is 4.99 Å². The summed E-state index contributed by atoms with van der Waals surface area (Å²) in [4.78, 5) is 4.63. The van der Waals surface area contributed by atoms with Gasteiger partial charge < -0.3 is 9.30 Å². The topological polar surface area (TPSA) is 26.5 Å². The lowest BCUT2D eigenvalue weighted by molar-refractivity contribution is 0.340. The van der Waals surface area contributed by atoms with Crippen molar-refractivity contribution in [3.8, 4) is 11.4 Å². The average molecular weight is 332 g/mol. The van der Waals surface area contributed by atoms with Crippen LogP contribution in [0.15, 0.2) is 59.6 Å². The summed E-state index contributed by atoms with van der Waals surface area (Å²) >= 11 is 0. The lowest BCUT2D eigenvalue weighted by Gasteiger charge is -2.10. The number of benzene rings is 2. The van der Waals surface area contributed by atoms with E-state index in [2.05, 4.69) is 60.7 Å². The first-order valence-corrected chi connectivity index (χ1v) is 8.61. The largest absolute Gasteiger partial charge is 0.494 e. The van der Waals surface area contributed by atoms with E-state index < -0.39 is 0 Å². The monoisotopic (exact) mass is 332 g/mol. The molecule has 0 aliphatic rings. The summed E-state index contributed by atoms with van der Waals surface area (Å²) in [5.74, 6) is 0.898. The second-order valence-electron chi connectivity index (χ2n) is 6.19. The van der Waals surface area contributed by atoms with Crippen LogP contribution < -0.4 is 4.74 Å². The minimum absolute atomic E-state index is 0.681. The fourth-order valence-electron chi connectivity index (χ4n) is 3.03. The zero-order valence-electron chi connectivity index (χ0n) is 15.3. The van der Waals surface area contributed by atoms with Crippen molar-refractivity contribution in [1.82, 2.24) is 4.57 Å². The van der Waals surface area contributed by atoms with Crippen LogP contribution in [0.4, 0.5) is 5.69 Å². The summed E-state index contributed by atoms with van der Waals surface area (Å²) in [7, 11) is 0. The highest BCUT2D eigenvalue weighted by Gasteiger charge is 2.09. The molecule has 1 aromatic heterocycles. The highest BCUT2D eigenvalue weighted by molar-refractivity contribution is 5.84. The fourth-order valence-corrected chi connectivity index (χ4v) is 3.03. The Morgan fingerprint density at radius 2 is 1.76 bits per heavy atom. The molecule has 0 saturated carbocycles. The van der Waals surface area contributed by atoms with Crippen LogP contribution in [-0.4, -0.2) is 17.4 Å². The van der Waals surface area contributed by atoms with Crippen molar-refractivity contribution in [3.05, 3.63) is 77.1 Å². The highest BCUT2D eigenvalue weighted by atomic mass is 16.5. The number of aliphatic imine (C=N–C) groups is 1. The van der Waals surface area contributed by atoms with E-state index in [4.69, 9.17) is 4.74 Å².